The molecule has 0 N–H and O–H groups in total. The van der Waals surface area contributed by atoms with Crippen LogP contribution in [0.25, 0.3) is 11.4 Å². The molecule has 7 nitrogen and oxygen atoms in total. The van der Waals surface area contributed by atoms with E-state index in [0.717, 1.165) is 58.9 Å². The first-order valence-electron chi connectivity index (χ1n) is 8.70. The highest BCUT2D eigenvalue weighted by Crippen LogP contribution is 2.32. The van der Waals surface area contributed by atoms with E-state index in [9.17, 15) is 4.79 Å². The van der Waals surface area contributed by atoms with Gasteiger partial charge in [0.05, 0.1) is 22.8 Å². The van der Waals surface area contributed by atoms with Gasteiger partial charge in [0, 0.05) is 19.5 Å². The maximum atomic E-state index is 13.0. The largest absolute Gasteiger partial charge is 0.337 e. The molecular weight excluding hydrogens is 396 g/mol. The van der Waals surface area contributed by atoms with E-state index in [0.29, 0.717) is 12.1 Å². The van der Waals surface area contributed by atoms with E-state index in [2.05, 4.69) is 54.0 Å². The molecule has 5 rings (SSSR count). The molecule has 2 aliphatic heterocycles. The smallest absolute Gasteiger partial charge is 0.276 e. The molecule has 0 bridgehead atoms. The summed E-state index contributed by atoms with van der Waals surface area (Å²) in [4.78, 5) is 19.3. The van der Waals surface area contributed by atoms with Crippen LogP contribution in [0.4, 0.5) is 0 Å². The number of rotatable bonds is 1. The second-order valence-corrected chi connectivity index (χ2v) is 7.57. The average Bonchev–Trinajstić information content (AvgIpc) is 3.35. The third kappa shape index (κ3) is 2.25. The number of benzene rings is 1. The second-order valence-electron chi connectivity index (χ2n) is 6.82. The predicted octanol–water partition coefficient (Wildman–Crippen LogP) is 2.66. The summed E-state index contributed by atoms with van der Waals surface area (Å²) in [6.45, 7) is 3.63. The number of aromatic nitrogens is 5. The van der Waals surface area contributed by atoms with Crippen LogP contribution in [-0.4, -0.2) is 48.4 Å². The van der Waals surface area contributed by atoms with Gasteiger partial charge in [-0.25, -0.2) is 9.67 Å². The number of nitrogens with zero attached hydrogens (tertiary/aromatic N) is 6. The molecule has 0 spiro atoms. The minimum absolute atomic E-state index is 0.0259. The van der Waals surface area contributed by atoms with Gasteiger partial charge in [0.15, 0.2) is 5.69 Å². The quantitative estimate of drug-likeness (QED) is 0.481. The number of carbonyl (C=O) groups is 1. The molecule has 1 saturated heterocycles. The normalized spacial score (nSPS) is 15.4. The van der Waals surface area contributed by atoms with Gasteiger partial charge in [-0.3, -0.25) is 9.36 Å². The van der Waals surface area contributed by atoms with Gasteiger partial charge in [0.2, 0.25) is 0 Å². The van der Waals surface area contributed by atoms with Crippen LogP contribution in [0.3, 0.4) is 0 Å². The van der Waals surface area contributed by atoms with Gasteiger partial charge in [-0.05, 0) is 53.4 Å². The van der Waals surface area contributed by atoms with Crippen LogP contribution in [0.1, 0.15) is 40.3 Å². The molecule has 2 aliphatic rings. The molecule has 4 heterocycles. The van der Waals surface area contributed by atoms with Gasteiger partial charge in [0.25, 0.3) is 5.91 Å². The Kier molecular flexibility index (Phi) is 3.49. The van der Waals surface area contributed by atoms with Crippen molar-refractivity contribution in [3.63, 3.8) is 0 Å². The van der Waals surface area contributed by atoms with Crippen molar-refractivity contribution in [2.45, 2.75) is 26.2 Å². The van der Waals surface area contributed by atoms with Crippen molar-refractivity contribution in [3.8, 4) is 11.4 Å². The lowest BCUT2D eigenvalue weighted by Gasteiger charge is -2.14. The van der Waals surface area contributed by atoms with Crippen molar-refractivity contribution in [1.82, 2.24) is 29.4 Å². The number of halogens is 1. The van der Waals surface area contributed by atoms with Crippen molar-refractivity contribution >= 4 is 21.8 Å². The number of hydrogen-bond donors (Lipinski definition) is 0. The summed E-state index contributed by atoms with van der Waals surface area (Å²) in [5.74, 6) is -0.0259. The van der Waals surface area contributed by atoms with Crippen molar-refractivity contribution in [2.24, 2.45) is 0 Å². The fraction of sp³-hybridized carbons (Fsp3) is 0.333. The first-order chi connectivity index (χ1) is 12.6. The molecule has 2 aromatic heterocycles. The molecule has 0 radical (unpaired) electrons. The number of amides is 1. The molecule has 0 saturated carbocycles. The fourth-order valence-corrected chi connectivity index (χ4v) is 4.20. The van der Waals surface area contributed by atoms with Crippen molar-refractivity contribution in [2.75, 3.05) is 13.1 Å². The Bertz CT molecular complexity index is 1030. The maximum Gasteiger partial charge on any atom is 0.276 e. The van der Waals surface area contributed by atoms with E-state index in [-0.39, 0.29) is 5.91 Å². The summed E-state index contributed by atoms with van der Waals surface area (Å²) < 4.78 is 4.64. The molecule has 1 aromatic carbocycles. The highest BCUT2D eigenvalue weighted by atomic mass is 79.9. The summed E-state index contributed by atoms with van der Waals surface area (Å²) in [5, 5.41) is 8.63. The van der Waals surface area contributed by atoms with Crippen LogP contribution in [-0.2, 0) is 6.42 Å². The monoisotopic (exact) mass is 412 g/mol. The lowest BCUT2D eigenvalue weighted by atomic mass is 10.2. The minimum Gasteiger partial charge on any atom is -0.337 e. The number of hydrogen-bond acceptors (Lipinski definition) is 4. The van der Waals surface area contributed by atoms with Crippen LogP contribution in [0.2, 0.25) is 0 Å². The van der Waals surface area contributed by atoms with E-state index < -0.39 is 0 Å². The van der Waals surface area contributed by atoms with Crippen LogP contribution in [0.5, 0.6) is 0 Å². The van der Waals surface area contributed by atoms with Gasteiger partial charge in [0.1, 0.15) is 10.9 Å². The van der Waals surface area contributed by atoms with Crippen LogP contribution in [0, 0.1) is 6.92 Å². The molecule has 1 fully saturated rings. The van der Waals surface area contributed by atoms with E-state index in [1.165, 1.54) is 0 Å². The fourth-order valence-electron chi connectivity index (χ4n) is 3.77. The molecule has 0 atom stereocenters. The summed E-state index contributed by atoms with van der Waals surface area (Å²) in [5.41, 5.74) is 5.27. The Balaban J connectivity index is 1.73. The molecule has 3 aromatic rings. The zero-order valence-corrected chi connectivity index (χ0v) is 15.9. The number of fused-ring (bicyclic) bond motifs is 5. The maximum absolute atomic E-state index is 13.0. The lowest BCUT2D eigenvalue weighted by Crippen LogP contribution is -2.29. The van der Waals surface area contributed by atoms with Gasteiger partial charge in [-0.15, -0.1) is 5.10 Å². The molecule has 132 valence electrons. The number of likely N-dealkylation sites (tertiary alicyclic amines) is 1. The lowest BCUT2D eigenvalue weighted by molar-refractivity contribution is 0.0786. The Labute approximate surface area is 158 Å². The van der Waals surface area contributed by atoms with E-state index >= 15 is 0 Å². The molecule has 0 unspecified atom stereocenters. The van der Waals surface area contributed by atoms with Gasteiger partial charge in [-0.1, -0.05) is 11.3 Å². The van der Waals surface area contributed by atoms with Gasteiger partial charge in [-0.2, -0.15) is 0 Å². The van der Waals surface area contributed by atoms with Crippen LogP contribution >= 0.6 is 15.9 Å². The molecule has 0 aliphatic carbocycles. The highest BCUT2D eigenvalue weighted by Gasteiger charge is 2.31. The summed E-state index contributed by atoms with van der Waals surface area (Å²) in [7, 11) is 0. The first kappa shape index (κ1) is 15.7. The standard InChI is InChI=1S/C18H17BrN6O/c1-11-4-5-12-13(8-11)25-14(9-15-17(19)20-10-24(12)15)16(21-22-25)18(26)23-6-2-3-7-23/h4-5,8,10H,2-3,6-7,9H2,1H3. The molecule has 1 amide bonds. The average molecular weight is 413 g/mol. The Morgan fingerprint density at radius 3 is 2.77 bits per heavy atom. The van der Waals surface area contributed by atoms with E-state index in [1.807, 2.05) is 16.5 Å². The molecule has 26 heavy (non-hydrogen) atoms. The molecule has 8 heteroatoms. The third-order valence-corrected chi connectivity index (χ3v) is 5.79. The van der Waals surface area contributed by atoms with Crippen LogP contribution in [0.15, 0.2) is 29.1 Å². The zero-order valence-electron chi connectivity index (χ0n) is 14.3. The number of carbonyl (C=O) groups excluding carboxylic acids is 1. The summed E-state index contributed by atoms with van der Waals surface area (Å²) in [6.07, 6.45) is 4.44. The van der Waals surface area contributed by atoms with Crippen LogP contribution < -0.4 is 0 Å². The summed E-state index contributed by atoms with van der Waals surface area (Å²) in [6, 6.07) is 6.19. The second kappa shape index (κ2) is 5.77. The zero-order chi connectivity index (χ0) is 17.8. The van der Waals surface area contributed by atoms with Crippen molar-refractivity contribution in [3.05, 3.63) is 51.8 Å². The third-order valence-electron chi connectivity index (χ3n) is 5.13. The molecular formula is C18H17BrN6O. The summed E-state index contributed by atoms with van der Waals surface area (Å²) >= 11 is 3.54. The van der Waals surface area contributed by atoms with Crippen molar-refractivity contribution in [1.29, 1.82) is 0 Å². The Morgan fingerprint density at radius 2 is 1.96 bits per heavy atom. The predicted molar refractivity (Wildman–Crippen MR) is 98.9 cm³/mol. The SMILES string of the molecule is Cc1ccc2c(c1)-n1nnc(C(=O)N3CCCC3)c1Cc1c(Br)ncn1-2. The van der Waals surface area contributed by atoms with E-state index in [4.69, 9.17) is 0 Å². The number of aryl methyl sites for hydroxylation is 1. The van der Waals surface area contributed by atoms with E-state index in [1.54, 1.807) is 6.33 Å². The highest BCUT2D eigenvalue weighted by molar-refractivity contribution is 9.10. The Morgan fingerprint density at radius 1 is 1.15 bits per heavy atom. The van der Waals surface area contributed by atoms with Gasteiger partial charge >= 0.3 is 0 Å². The van der Waals surface area contributed by atoms with Gasteiger partial charge < -0.3 is 4.90 Å². The first-order valence-corrected chi connectivity index (χ1v) is 9.50. The topological polar surface area (TPSA) is 68.8 Å². The minimum atomic E-state index is -0.0259. The number of imidazole rings is 1. The Hall–Kier alpha value is -2.48. The van der Waals surface area contributed by atoms with Crippen molar-refractivity contribution < 1.29 is 4.79 Å².